The number of piperidine rings is 1. The highest BCUT2D eigenvalue weighted by Gasteiger charge is 2.28. The largest absolute Gasteiger partial charge is 0.454 e. The Labute approximate surface area is 202 Å². The molecule has 0 saturated carbocycles. The second-order valence-electron chi connectivity index (χ2n) is 8.22. The van der Waals surface area contributed by atoms with Gasteiger partial charge in [-0.2, -0.15) is 0 Å². The van der Waals surface area contributed by atoms with Crippen molar-refractivity contribution in [1.82, 2.24) is 4.90 Å². The molecule has 0 radical (unpaired) electrons. The van der Waals surface area contributed by atoms with Gasteiger partial charge < -0.3 is 9.47 Å². The van der Waals surface area contributed by atoms with Crippen LogP contribution in [0.5, 0.6) is 0 Å². The van der Waals surface area contributed by atoms with E-state index >= 15 is 0 Å². The summed E-state index contributed by atoms with van der Waals surface area (Å²) in [6.07, 6.45) is -0.489. The molecule has 1 amide bonds. The Kier molecular flexibility index (Phi) is 7.84. The van der Waals surface area contributed by atoms with Crippen LogP contribution in [-0.4, -0.2) is 42.1 Å². The third kappa shape index (κ3) is 6.74. The highest BCUT2D eigenvalue weighted by Crippen LogP contribution is 2.27. The van der Waals surface area contributed by atoms with E-state index in [4.69, 9.17) is 4.74 Å². The molecule has 4 rings (SSSR count). The molecule has 3 aromatic carbocycles. The number of likely N-dealkylation sites (tertiary alicyclic amines) is 1. The fourth-order valence-corrected chi connectivity index (χ4v) is 4.00. The molecule has 180 valence electrons. The molecule has 1 aliphatic rings. The number of hydrogen-bond donors (Lipinski definition) is 1. The Bertz CT molecular complexity index is 1190. The fourth-order valence-electron chi connectivity index (χ4n) is 4.00. The Morgan fingerprint density at radius 1 is 0.886 bits per heavy atom. The van der Waals surface area contributed by atoms with Gasteiger partial charge in [0.25, 0.3) is 0 Å². The molecule has 0 spiro atoms. The summed E-state index contributed by atoms with van der Waals surface area (Å²) in [5.41, 5.74) is 2.92. The van der Waals surface area contributed by atoms with Gasteiger partial charge in [0.1, 0.15) is 11.9 Å². The van der Waals surface area contributed by atoms with Gasteiger partial charge in [-0.05, 0) is 42.2 Å². The number of ether oxygens (including phenoxy) is 2. The van der Waals surface area contributed by atoms with E-state index in [2.05, 4.69) is 15.0 Å². The molecule has 0 unspecified atom stereocenters. The van der Waals surface area contributed by atoms with E-state index in [1.54, 1.807) is 18.2 Å². The van der Waals surface area contributed by atoms with Crippen LogP contribution in [0.3, 0.4) is 0 Å². The monoisotopic (exact) mass is 476 g/mol. The van der Waals surface area contributed by atoms with Crippen LogP contribution < -0.4 is 5.32 Å². The maximum absolute atomic E-state index is 13.4. The van der Waals surface area contributed by atoms with Crippen LogP contribution >= 0.6 is 0 Å². The summed E-state index contributed by atoms with van der Waals surface area (Å²) < 4.78 is 23.2. The molecule has 8 heteroatoms. The van der Waals surface area contributed by atoms with Crippen molar-refractivity contribution in [2.75, 3.05) is 18.4 Å². The van der Waals surface area contributed by atoms with Crippen LogP contribution in [0.25, 0.3) is 11.1 Å². The van der Waals surface area contributed by atoms with Crippen molar-refractivity contribution >= 4 is 23.7 Å². The quantitative estimate of drug-likeness (QED) is 0.324. The first-order valence-corrected chi connectivity index (χ1v) is 11.3. The zero-order valence-electron chi connectivity index (χ0n) is 19.0. The lowest BCUT2D eigenvalue weighted by Crippen LogP contribution is -2.39. The van der Waals surface area contributed by atoms with Crippen LogP contribution in [0.15, 0.2) is 78.9 Å². The molecule has 0 bridgehead atoms. The summed E-state index contributed by atoms with van der Waals surface area (Å²) in [6, 6.07) is 22.9. The number of carbonyl (C=O) groups excluding carboxylic acids is 3. The molecule has 35 heavy (non-hydrogen) atoms. The minimum Gasteiger partial charge on any atom is -0.454 e. The van der Waals surface area contributed by atoms with Gasteiger partial charge in [0.2, 0.25) is 0 Å². The molecule has 3 aromatic rings. The number of carbonyl (C=O) groups is 3. The van der Waals surface area contributed by atoms with Crippen molar-refractivity contribution in [3.63, 3.8) is 0 Å². The minimum atomic E-state index is -1.37. The first-order valence-electron chi connectivity index (χ1n) is 11.3. The van der Waals surface area contributed by atoms with Crippen LogP contribution in [0, 0.1) is 5.82 Å². The maximum atomic E-state index is 13.4. The molecule has 1 heterocycles. The van der Waals surface area contributed by atoms with Crippen molar-refractivity contribution in [3.8, 4) is 11.1 Å². The van der Waals surface area contributed by atoms with E-state index in [9.17, 15) is 18.8 Å². The zero-order valence-corrected chi connectivity index (χ0v) is 19.0. The highest BCUT2D eigenvalue weighted by atomic mass is 19.1. The SMILES string of the molecule is O=C(Nc1ccccc1-c1ccccc1)OC(=O)C(=O)OC1CCN(Cc2cccc(F)c2)CC1. The Hall–Kier alpha value is -4.04. The number of halogens is 1. The van der Waals surface area contributed by atoms with Gasteiger partial charge >= 0.3 is 18.0 Å². The maximum Gasteiger partial charge on any atom is 0.426 e. The third-order valence-electron chi connectivity index (χ3n) is 5.70. The topological polar surface area (TPSA) is 84.9 Å². The first kappa shape index (κ1) is 24.1. The summed E-state index contributed by atoms with van der Waals surface area (Å²) in [5.74, 6) is -2.86. The molecule has 0 aliphatic carbocycles. The lowest BCUT2D eigenvalue weighted by Gasteiger charge is -2.31. The summed E-state index contributed by atoms with van der Waals surface area (Å²) in [4.78, 5) is 38.6. The molecule has 1 N–H and O–H groups in total. The normalized spacial score (nSPS) is 14.2. The number of nitrogens with zero attached hydrogens (tertiary/aromatic N) is 1. The molecule has 1 saturated heterocycles. The van der Waals surface area contributed by atoms with Gasteiger partial charge in [-0.1, -0.05) is 60.7 Å². The summed E-state index contributed by atoms with van der Waals surface area (Å²) in [7, 11) is 0. The van der Waals surface area contributed by atoms with Crippen molar-refractivity contribution in [2.45, 2.75) is 25.5 Å². The van der Waals surface area contributed by atoms with Crippen LogP contribution in [0.2, 0.25) is 0 Å². The molecule has 1 fully saturated rings. The average Bonchev–Trinajstić information content (AvgIpc) is 2.86. The van der Waals surface area contributed by atoms with Crippen molar-refractivity contribution in [3.05, 3.63) is 90.2 Å². The number of hydrogen-bond acceptors (Lipinski definition) is 6. The molecule has 1 aliphatic heterocycles. The van der Waals surface area contributed by atoms with E-state index < -0.39 is 24.1 Å². The molecule has 0 atom stereocenters. The lowest BCUT2D eigenvalue weighted by atomic mass is 10.0. The Balaban J connectivity index is 1.24. The van der Waals surface area contributed by atoms with E-state index in [-0.39, 0.29) is 5.82 Å². The molecular formula is C27H25FN2O5. The summed E-state index contributed by atoms with van der Waals surface area (Å²) >= 11 is 0. The Morgan fingerprint density at radius 3 is 2.34 bits per heavy atom. The standard InChI is InChI=1S/C27H25FN2O5/c28-21-10-6-7-19(17-21)18-30-15-13-22(14-16-30)34-25(31)26(32)35-27(33)29-24-12-5-4-11-23(24)20-8-2-1-3-9-20/h1-12,17,22H,13-16,18H2,(H,29,33). The number of esters is 2. The van der Waals surface area contributed by atoms with Gasteiger partial charge in [-0.3, -0.25) is 10.2 Å². The second-order valence-corrected chi connectivity index (χ2v) is 8.22. The fraction of sp³-hybridized carbons (Fsp3) is 0.222. The molecule has 0 aromatic heterocycles. The lowest BCUT2D eigenvalue weighted by molar-refractivity contribution is -0.168. The van der Waals surface area contributed by atoms with Crippen molar-refractivity contribution < 1.29 is 28.2 Å². The number of anilines is 1. The predicted molar refractivity (Wildman–Crippen MR) is 128 cm³/mol. The summed E-state index contributed by atoms with van der Waals surface area (Å²) in [6.45, 7) is 1.84. The van der Waals surface area contributed by atoms with E-state index in [0.29, 0.717) is 38.2 Å². The van der Waals surface area contributed by atoms with Crippen LogP contribution in [-0.2, 0) is 25.6 Å². The molecular weight excluding hydrogens is 451 g/mol. The average molecular weight is 477 g/mol. The number of para-hydroxylation sites is 1. The van der Waals surface area contributed by atoms with E-state index in [0.717, 1.165) is 16.7 Å². The van der Waals surface area contributed by atoms with E-state index in [1.165, 1.54) is 12.1 Å². The number of benzene rings is 3. The predicted octanol–water partition coefficient (Wildman–Crippen LogP) is 4.78. The van der Waals surface area contributed by atoms with E-state index in [1.807, 2.05) is 48.5 Å². The van der Waals surface area contributed by atoms with Crippen molar-refractivity contribution in [2.24, 2.45) is 0 Å². The van der Waals surface area contributed by atoms with Gasteiger partial charge in [0.05, 0.1) is 5.69 Å². The van der Waals surface area contributed by atoms with Gasteiger partial charge in [0, 0.05) is 25.2 Å². The minimum absolute atomic E-state index is 0.280. The molecule has 7 nitrogen and oxygen atoms in total. The highest BCUT2D eigenvalue weighted by molar-refractivity contribution is 6.31. The van der Waals surface area contributed by atoms with Gasteiger partial charge in [-0.25, -0.2) is 18.8 Å². The zero-order chi connectivity index (χ0) is 24.6. The summed E-state index contributed by atoms with van der Waals surface area (Å²) in [5, 5.41) is 2.51. The second kappa shape index (κ2) is 11.4. The van der Waals surface area contributed by atoms with Gasteiger partial charge in [0.15, 0.2) is 0 Å². The smallest absolute Gasteiger partial charge is 0.426 e. The number of amides is 1. The third-order valence-corrected chi connectivity index (χ3v) is 5.70. The number of nitrogens with one attached hydrogen (secondary N) is 1. The van der Waals surface area contributed by atoms with Crippen LogP contribution in [0.4, 0.5) is 14.9 Å². The Morgan fingerprint density at radius 2 is 1.60 bits per heavy atom. The number of rotatable bonds is 5. The van der Waals surface area contributed by atoms with Gasteiger partial charge in [-0.15, -0.1) is 0 Å². The van der Waals surface area contributed by atoms with Crippen molar-refractivity contribution in [1.29, 1.82) is 0 Å². The first-order chi connectivity index (χ1) is 17.0. The van der Waals surface area contributed by atoms with Crippen LogP contribution in [0.1, 0.15) is 18.4 Å².